The van der Waals surface area contributed by atoms with Crippen LogP contribution < -0.4 is 9.47 Å². The number of hydrogen-bond acceptors (Lipinski definition) is 4. The van der Waals surface area contributed by atoms with Gasteiger partial charge in [0.2, 0.25) is 0 Å². The van der Waals surface area contributed by atoms with Crippen molar-refractivity contribution < 1.29 is 19.0 Å². The molecule has 0 amide bonds. The zero-order chi connectivity index (χ0) is 23.2. The van der Waals surface area contributed by atoms with Gasteiger partial charge in [-0.1, -0.05) is 31.2 Å². The fourth-order valence-corrected chi connectivity index (χ4v) is 6.95. The molecule has 4 heteroatoms. The van der Waals surface area contributed by atoms with Crippen LogP contribution >= 0.6 is 0 Å². The van der Waals surface area contributed by atoms with E-state index in [-0.39, 0.29) is 17.5 Å². The first-order chi connectivity index (χ1) is 15.9. The van der Waals surface area contributed by atoms with Gasteiger partial charge < -0.3 is 14.2 Å². The lowest BCUT2D eigenvalue weighted by atomic mass is 9.55. The maximum atomic E-state index is 12.1. The van der Waals surface area contributed by atoms with Crippen LogP contribution in [0.1, 0.15) is 62.1 Å². The average molecular weight is 447 g/mol. The monoisotopic (exact) mass is 446 g/mol. The summed E-state index contributed by atoms with van der Waals surface area (Å²) in [4.78, 5) is 12.1. The molecule has 0 heterocycles. The summed E-state index contributed by atoms with van der Waals surface area (Å²) < 4.78 is 16.8. The highest BCUT2D eigenvalue weighted by Crippen LogP contribution is 2.63. The van der Waals surface area contributed by atoms with Crippen LogP contribution in [0.25, 0.3) is 6.08 Å². The quantitative estimate of drug-likeness (QED) is 0.526. The standard InChI is InChI=1S/C29H34O4/c1-18(30)33-28-21(15-19-5-8-22(31-3)9-6-19)17-27-26-11-7-20-16-23(32-4)10-12-24(20)25(26)13-14-29(27,28)2/h5-6,8-10,12,15-16,25-28H,7,11,13-14,17H2,1-4H3/b21-15+/t25-,26-,27-,28-,29-/m0/s1. The molecule has 2 aromatic carbocycles. The van der Waals surface area contributed by atoms with Crippen molar-refractivity contribution in [2.45, 2.75) is 58.0 Å². The highest BCUT2D eigenvalue weighted by atomic mass is 16.5. The minimum Gasteiger partial charge on any atom is -0.497 e. The molecule has 0 N–H and O–H groups in total. The molecule has 2 aromatic rings. The SMILES string of the molecule is COc1ccc(/C=C2\C[C@H]3[C@H]4CCc5cc(OC)ccc5[C@@H]4CC[C@]3(C)[C@H]2OC(C)=O)cc1. The molecule has 33 heavy (non-hydrogen) atoms. The second-order valence-corrected chi connectivity index (χ2v) is 10.2. The first kappa shape index (κ1) is 22.1. The number of aryl methyl sites for hydroxylation is 1. The largest absolute Gasteiger partial charge is 0.497 e. The van der Waals surface area contributed by atoms with Crippen LogP contribution in [-0.2, 0) is 16.0 Å². The molecule has 0 aliphatic heterocycles. The maximum absolute atomic E-state index is 12.1. The predicted octanol–water partition coefficient (Wildman–Crippen LogP) is 6.19. The normalized spacial score (nSPS) is 31.3. The zero-order valence-corrected chi connectivity index (χ0v) is 20.1. The number of carbonyl (C=O) groups is 1. The summed E-state index contributed by atoms with van der Waals surface area (Å²) in [6.45, 7) is 3.90. The van der Waals surface area contributed by atoms with E-state index in [0.717, 1.165) is 42.7 Å². The zero-order valence-electron chi connectivity index (χ0n) is 20.1. The van der Waals surface area contributed by atoms with Gasteiger partial charge in [-0.15, -0.1) is 0 Å². The number of esters is 1. The summed E-state index contributed by atoms with van der Waals surface area (Å²) in [5.41, 5.74) is 5.31. The molecular weight excluding hydrogens is 412 g/mol. The molecular formula is C29H34O4. The lowest BCUT2D eigenvalue weighted by Crippen LogP contribution is -2.45. The molecule has 3 aliphatic carbocycles. The van der Waals surface area contributed by atoms with E-state index in [1.165, 1.54) is 30.0 Å². The van der Waals surface area contributed by atoms with Crippen LogP contribution in [0.15, 0.2) is 48.0 Å². The summed E-state index contributed by atoms with van der Waals surface area (Å²) in [7, 11) is 3.42. The third kappa shape index (κ3) is 3.84. The molecule has 0 unspecified atom stereocenters. The number of hydrogen-bond donors (Lipinski definition) is 0. The smallest absolute Gasteiger partial charge is 0.303 e. The van der Waals surface area contributed by atoms with Crippen LogP contribution in [0.4, 0.5) is 0 Å². The molecule has 2 fully saturated rings. The molecule has 0 aromatic heterocycles. The number of rotatable bonds is 4. The van der Waals surface area contributed by atoms with E-state index in [2.05, 4.69) is 43.3 Å². The van der Waals surface area contributed by atoms with Gasteiger partial charge in [0.05, 0.1) is 14.2 Å². The van der Waals surface area contributed by atoms with Crippen LogP contribution in [-0.4, -0.2) is 26.3 Å². The molecule has 0 radical (unpaired) electrons. The number of fused-ring (bicyclic) bond motifs is 5. The highest BCUT2D eigenvalue weighted by molar-refractivity contribution is 5.67. The molecule has 174 valence electrons. The van der Waals surface area contributed by atoms with Crippen molar-refractivity contribution in [2.75, 3.05) is 14.2 Å². The lowest BCUT2D eigenvalue weighted by Gasteiger charge is -2.50. The van der Waals surface area contributed by atoms with Gasteiger partial charge in [0, 0.05) is 12.3 Å². The Morgan fingerprint density at radius 1 is 1.03 bits per heavy atom. The fraction of sp³-hybridized carbons (Fsp3) is 0.483. The molecule has 5 rings (SSSR count). The fourth-order valence-electron chi connectivity index (χ4n) is 6.95. The van der Waals surface area contributed by atoms with Gasteiger partial charge >= 0.3 is 5.97 Å². The van der Waals surface area contributed by atoms with Crippen molar-refractivity contribution in [3.05, 3.63) is 64.7 Å². The predicted molar refractivity (Wildman–Crippen MR) is 130 cm³/mol. The minimum atomic E-state index is -0.189. The van der Waals surface area contributed by atoms with Crippen LogP contribution in [0, 0.1) is 17.3 Å². The summed E-state index contributed by atoms with van der Waals surface area (Å²) in [5.74, 6) is 3.32. The van der Waals surface area contributed by atoms with E-state index in [9.17, 15) is 4.79 Å². The van der Waals surface area contributed by atoms with Crippen LogP contribution in [0.3, 0.4) is 0 Å². The van der Waals surface area contributed by atoms with Crippen molar-refractivity contribution in [1.82, 2.24) is 0 Å². The summed E-state index contributed by atoms with van der Waals surface area (Å²) in [6.07, 6.45) is 7.58. The third-order valence-electron chi connectivity index (χ3n) is 8.51. The first-order valence-electron chi connectivity index (χ1n) is 12.1. The average Bonchev–Trinajstić information content (AvgIpc) is 3.10. The summed E-state index contributed by atoms with van der Waals surface area (Å²) in [5, 5.41) is 0. The Balaban J connectivity index is 1.49. The van der Waals surface area contributed by atoms with Gasteiger partial charge in [-0.05, 0) is 96.4 Å². The van der Waals surface area contributed by atoms with Crippen molar-refractivity contribution in [3.8, 4) is 11.5 Å². The van der Waals surface area contributed by atoms with Crippen LogP contribution in [0.5, 0.6) is 11.5 Å². The molecule has 0 bridgehead atoms. The van der Waals surface area contributed by atoms with E-state index >= 15 is 0 Å². The van der Waals surface area contributed by atoms with E-state index < -0.39 is 0 Å². The van der Waals surface area contributed by atoms with Gasteiger partial charge in [0.1, 0.15) is 17.6 Å². The van der Waals surface area contributed by atoms with Crippen molar-refractivity contribution in [1.29, 1.82) is 0 Å². The molecule has 5 atom stereocenters. The van der Waals surface area contributed by atoms with Gasteiger partial charge in [0.25, 0.3) is 0 Å². The van der Waals surface area contributed by atoms with Gasteiger partial charge in [-0.2, -0.15) is 0 Å². The summed E-state index contributed by atoms with van der Waals surface area (Å²) in [6, 6.07) is 14.8. The maximum Gasteiger partial charge on any atom is 0.303 e. The van der Waals surface area contributed by atoms with E-state index in [0.29, 0.717) is 17.8 Å². The molecule has 2 saturated carbocycles. The Bertz CT molecular complexity index is 1070. The van der Waals surface area contributed by atoms with Gasteiger partial charge in [0.15, 0.2) is 0 Å². The third-order valence-corrected chi connectivity index (χ3v) is 8.51. The highest BCUT2D eigenvalue weighted by Gasteiger charge is 2.58. The Kier molecular flexibility index (Phi) is 5.72. The van der Waals surface area contributed by atoms with E-state index in [4.69, 9.17) is 14.2 Å². The second-order valence-electron chi connectivity index (χ2n) is 10.2. The van der Waals surface area contributed by atoms with Crippen molar-refractivity contribution >= 4 is 12.0 Å². The van der Waals surface area contributed by atoms with Gasteiger partial charge in [-0.25, -0.2) is 0 Å². The van der Waals surface area contributed by atoms with Crippen LogP contribution in [0.2, 0.25) is 0 Å². The number of carbonyl (C=O) groups excluding carboxylic acids is 1. The molecule has 4 nitrogen and oxygen atoms in total. The molecule has 0 spiro atoms. The van der Waals surface area contributed by atoms with Crippen molar-refractivity contribution in [3.63, 3.8) is 0 Å². The first-order valence-corrected chi connectivity index (χ1v) is 12.1. The minimum absolute atomic E-state index is 0.0187. The Morgan fingerprint density at radius 3 is 2.45 bits per heavy atom. The van der Waals surface area contributed by atoms with Gasteiger partial charge in [-0.3, -0.25) is 4.79 Å². The topological polar surface area (TPSA) is 44.8 Å². The number of ether oxygens (including phenoxy) is 3. The number of benzene rings is 2. The Morgan fingerprint density at radius 2 is 1.76 bits per heavy atom. The summed E-state index contributed by atoms with van der Waals surface area (Å²) >= 11 is 0. The lowest BCUT2D eigenvalue weighted by molar-refractivity contribution is -0.152. The van der Waals surface area contributed by atoms with E-state index in [1.54, 1.807) is 14.2 Å². The Labute approximate surface area is 196 Å². The molecule has 0 saturated heterocycles. The van der Waals surface area contributed by atoms with Crippen molar-refractivity contribution in [2.24, 2.45) is 17.3 Å². The van der Waals surface area contributed by atoms with E-state index in [1.807, 2.05) is 12.1 Å². The molecule has 3 aliphatic rings. The number of methoxy groups -OCH3 is 2. The Hall–Kier alpha value is -2.75. The second kappa shape index (κ2) is 8.55.